The molecule has 0 N–H and O–H groups in total. The van der Waals surface area contributed by atoms with Crippen LogP contribution < -0.4 is 0 Å². The number of rotatable bonds is 0. The second-order valence-corrected chi connectivity index (χ2v) is 5.00. The van der Waals surface area contributed by atoms with Crippen LogP contribution in [0.25, 0.3) is 0 Å². The monoisotopic (exact) mass is 136 g/mol. The van der Waals surface area contributed by atoms with E-state index in [-0.39, 0.29) is 0 Å². The summed E-state index contributed by atoms with van der Waals surface area (Å²) in [5.41, 5.74) is 2.00. The van der Waals surface area contributed by atoms with Crippen LogP contribution in [-0.4, -0.2) is 0 Å². The predicted molar refractivity (Wildman–Crippen MR) is 41.8 cm³/mol. The van der Waals surface area contributed by atoms with Gasteiger partial charge in [0.15, 0.2) is 0 Å². The van der Waals surface area contributed by atoms with Crippen LogP contribution in [0.15, 0.2) is 0 Å². The van der Waals surface area contributed by atoms with E-state index in [1.165, 1.54) is 0 Å². The number of hydrogen-bond donors (Lipinski definition) is 0. The lowest BCUT2D eigenvalue weighted by atomic mass is 10.5. The Morgan fingerprint density at radius 2 is 0.600 bits per heavy atom. The first kappa shape index (κ1) is 5.62. The average Bonchev–Trinajstić information content (AvgIpc) is 2.81. The molecule has 0 bridgehead atoms. The third kappa shape index (κ3) is 0.980. The van der Waals surface area contributed by atoms with E-state index in [9.17, 15) is 0 Å². The largest absolute Gasteiger partial charge is 0.0471 e. The first-order chi connectivity index (χ1) is 4.83. The molecule has 0 atom stereocenters. The normalized spacial score (nSPS) is 38.4. The lowest BCUT2D eigenvalue weighted by Crippen LogP contribution is -1.51. The number of hydrogen-bond acceptors (Lipinski definition) is 0. The van der Waals surface area contributed by atoms with Gasteiger partial charge in [-0.05, 0) is 62.2 Å². The first-order valence-electron chi connectivity index (χ1n) is 4.83. The molecule has 10 heavy (non-hydrogen) atoms. The van der Waals surface area contributed by atoms with Gasteiger partial charge in [-0.25, -0.2) is 0 Å². The molecule has 0 nitrogen and oxygen atoms in total. The third-order valence-electron chi connectivity index (χ3n) is 3.83. The summed E-state index contributed by atoms with van der Waals surface area (Å²) in [7, 11) is 0. The molecule has 0 aromatic rings. The summed E-state index contributed by atoms with van der Waals surface area (Å²) in [4.78, 5) is 0. The molecule has 4 fully saturated rings. The van der Waals surface area contributed by atoms with Crippen molar-refractivity contribution in [2.75, 3.05) is 0 Å². The quantitative estimate of drug-likeness (QED) is 0.480. The molecular weight excluding hydrogens is 120 g/mol. The highest BCUT2D eigenvalue weighted by Crippen LogP contribution is 2.66. The lowest BCUT2D eigenvalue weighted by Gasteiger charge is -1.60. The molecule has 2 spiro atoms. The highest BCUT2D eigenvalue weighted by atomic mass is 14.6. The molecule has 4 rings (SSSR count). The highest BCUT2D eigenvalue weighted by Gasteiger charge is 2.53. The van der Waals surface area contributed by atoms with Gasteiger partial charge in [0.05, 0.1) is 0 Å². The maximum Gasteiger partial charge on any atom is -0.0297 e. The van der Waals surface area contributed by atoms with Gasteiger partial charge in [0.1, 0.15) is 0 Å². The van der Waals surface area contributed by atoms with Crippen molar-refractivity contribution in [1.82, 2.24) is 0 Å². The predicted octanol–water partition coefficient (Wildman–Crippen LogP) is 3.12. The second-order valence-electron chi connectivity index (χ2n) is 5.00. The average molecular weight is 136 g/mol. The van der Waals surface area contributed by atoms with E-state index in [1.807, 2.05) is 0 Å². The summed E-state index contributed by atoms with van der Waals surface area (Å²) in [5, 5.41) is 0. The molecule has 0 heteroatoms. The van der Waals surface area contributed by atoms with Crippen LogP contribution in [0.4, 0.5) is 0 Å². The molecule has 4 saturated carbocycles. The van der Waals surface area contributed by atoms with Crippen LogP contribution in [0.5, 0.6) is 0 Å². The zero-order chi connectivity index (χ0) is 6.66. The minimum absolute atomic E-state index is 1.00. The third-order valence-corrected chi connectivity index (χ3v) is 3.83. The van der Waals surface area contributed by atoms with Crippen molar-refractivity contribution < 1.29 is 0 Å². The molecule has 4 aliphatic carbocycles. The van der Waals surface area contributed by atoms with Crippen molar-refractivity contribution in [3.8, 4) is 0 Å². The molecule has 0 aromatic carbocycles. The van der Waals surface area contributed by atoms with Crippen LogP contribution >= 0.6 is 0 Å². The van der Waals surface area contributed by atoms with Gasteiger partial charge >= 0.3 is 0 Å². The lowest BCUT2D eigenvalue weighted by molar-refractivity contribution is 0.898. The zero-order valence-corrected chi connectivity index (χ0v) is 6.66. The Morgan fingerprint density at radius 3 is 0.600 bits per heavy atom. The van der Waals surface area contributed by atoms with Crippen LogP contribution in [0.1, 0.15) is 51.4 Å². The van der Waals surface area contributed by atoms with Gasteiger partial charge < -0.3 is 0 Å². The Morgan fingerprint density at radius 1 is 0.400 bits per heavy atom. The molecule has 56 valence electrons. The summed E-state index contributed by atoms with van der Waals surface area (Å²) in [5.74, 6) is 0. The summed E-state index contributed by atoms with van der Waals surface area (Å²) in [6, 6.07) is 0. The second kappa shape index (κ2) is 1.44. The Kier molecular flexibility index (Phi) is 0.810. The molecule has 0 aliphatic heterocycles. The minimum Gasteiger partial charge on any atom is -0.0471 e. The summed E-state index contributed by atoms with van der Waals surface area (Å²) >= 11 is 0. The first-order valence-corrected chi connectivity index (χ1v) is 4.83. The van der Waals surface area contributed by atoms with Crippen LogP contribution in [-0.2, 0) is 0 Å². The molecule has 0 amide bonds. The van der Waals surface area contributed by atoms with E-state index >= 15 is 0 Å². The molecular formula is C10H16. The zero-order valence-electron chi connectivity index (χ0n) is 6.66. The summed E-state index contributed by atoms with van der Waals surface area (Å²) in [6.45, 7) is 0. The van der Waals surface area contributed by atoms with Gasteiger partial charge in [0, 0.05) is 0 Å². The highest BCUT2D eigenvalue weighted by molar-refractivity contribution is 5.04. The Labute approximate surface area is 63.0 Å². The van der Waals surface area contributed by atoms with Crippen molar-refractivity contribution >= 4 is 0 Å². The van der Waals surface area contributed by atoms with Gasteiger partial charge in [-0.2, -0.15) is 0 Å². The smallest absolute Gasteiger partial charge is 0.0297 e. The molecule has 0 saturated heterocycles. The summed E-state index contributed by atoms with van der Waals surface area (Å²) < 4.78 is 0. The van der Waals surface area contributed by atoms with E-state index < -0.39 is 0 Å². The molecule has 0 aromatic heterocycles. The van der Waals surface area contributed by atoms with E-state index in [4.69, 9.17) is 0 Å². The minimum atomic E-state index is 1.00. The van der Waals surface area contributed by atoms with E-state index in [1.54, 1.807) is 51.4 Å². The summed E-state index contributed by atoms with van der Waals surface area (Å²) in [6.07, 6.45) is 12.5. The molecule has 0 radical (unpaired) electrons. The fourth-order valence-corrected chi connectivity index (χ4v) is 1.71. The van der Waals surface area contributed by atoms with Crippen molar-refractivity contribution in [3.63, 3.8) is 0 Å². The van der Waals surface area contributed by atoms with Crippen molar-refractivity contribution in [2.45, 2.75) is 51.4 Å². The molecule has 0 unspecified atom stereocenters. The van der Waals surface area contributed by atoms with Gasteiger partial charge in [-0.3, -0.25) is 0 Å². The molecule has 0 heterocycles. The maximum atomic E-state index is 1.56. The van der Waals surface area contributed by atoms with Gasteiger partial charge in [-0.1, -0.05) is 0 Å². The van der Waals surface area contributed by atoms with Crippen LogP contribution in [0.3, 0.4) is 0 Å². The van der Waals surface area contributed by atoms with E-state index in [2.05, 4.69) is 0 Å². The van der Waals surface area contributed by atoms with Gasteiger partial charge in [-0.15, -0.1) is 0 Å². The standard InChI is InChI=1S/2C5H8/c2*1-2-5(1)3-4-5/h2*1-4H2. The van der Waals surface area contributed by atoms with Gasteiger partial charge in [0.2, 0.25) is 0 Å². The van der Waals surface area contributed by atoms with Crippen LogP contribution in [0, 0.1) is 10.8 Å². The van der Waals surface area contributed by atoms with Gasteiger partial charge in [0.25, 0.3) is 0 Å². The Bertz CT molecular complexity index is 106. The molecule has 4 aliphatic rings. The van der Waals surface area contributed by atoms with E-state index in [0.29, 0.717) is 0 Å². The maximum absolute atomic E-state index is 1.56. The SMILES string of the molecule is C1CC12CC2.C1CC12CC2. The van der Waals surface area contributed by atoms with Crippen molar-refractivity contribution in [3.05, 3.63) is 0 Å². The fraction of sp³-hybridized carbons (Fsp3) is 1.00. The fourth-order valence-electron chi connectivity index (χ4n) is 1.71. The Balaban J connectivity index is 0.0000000720. The van der Waals surface area contributed by atoms with E-state index in [0.717, 1.165) is 10.8 Å². The van der Waals surface area contributed by atoms with Crippen LogP contribution in [0.2, 0.25) is 0 Å². The van der Waals surface area contributed by atoms with Crippen molar-refractivity contribution in [2.24, 2.45) is 10.8 Å². The Hall–Kier alpha value is 0. The van der Waals surface area contributed by atoms with Crippen molar-refractivity contribution in [1.29, 1.82) is 0 Å². The topological polar surface area (TPSA) is 0 Å².